The van der Waals surface area contributed by atoms with E-state index in [0.717, 1.165) is 120 Å². The number of aliphatic hydroxyl groups is 1. The lowest BCUT2D eigenvalue weighted by atomic mass is 10.00. The molecule has 0 aliphatic carbocycles. The predicted octanol–water partition coefficient (Wildman–Crippen LogP) is 18.9. The number of esters is 4. The first-order valence-corrected chi connectivity index (χ1v) is 38.2. The first kappa shape index (κ1) is 85.1. The molecule has 0 aromatic rings. The van der Waals surface area contributed by atoms with E-state index in [0.29, 0.717) is 25.7 Å². The van der Waals surface area contributed by atoms with Crippen molar-refractivity contribution in [2.45, 2.75) is 350 Å². The van der Waals surface area contributed by atoms with Crippen molar-refractivity contribution in [2.24, 2.45) is 23.7 Å². The maximum atomic E-state index is 13.0. The van der Waals surface area contributed by atoms with Gasteiger partial charge in [0.25, 0.3) is 0 Å². The highest BCUT2D eigenvalue weighted by molar-refractivity contribution is 7.47. The molecular formula is C68H132O17P2. The summed E-state index contributed by atoms with van der Waals surface area (Å²) in [4.78, 5) is 72.4. The first-order chi connectivity index (χ1) is 41.6. The maximum Gasteiger partial charge on any atom is 0.472 e. The molecule has 0 amide bonds. The Bertz CT molecular complexity index is 1730. The number of hydrogen-bond donors (Lipinski definition) is 3. The van der Waals surface area contributed by atoms with Gasteiger partial charge in [-0.3, -0.25) is 37.3 Å². The van der Waals surface area contributed by atoms with Gasteiger partial charge in [-0.05, 0) is 49.4 Å². The summed E-state index contributed by atoms with van der Waals surface area (Å²) in [6, 6.07) is 0. The van der Waals surface area contributed by atoms with E-state index >= 15 is 0 Å². The van der Waals surface area contributed by atoms with Gasteiger partial charge in [0.05, 0.1) is 26.4 Å². The first-order valence-electron chi connectivity index (χ1n) is 35.2. The second-order valence-corrected chi connectivity index (χ2v) is 29.1. The molecule has 0 aliphatic rings. The number of phosphoric acid groups is 2. The second-order valence-electron chi connectivity index (χ2n) is 26.2. The van der Waals surface area contributed by atoms with E-state index in [1.165, 1.54) is 128 Å². The number of hydrogen-bond acceptors (Lipinski definition) is 15. The third kappa shape index (κ3) is 61.3. The molecule has 87 heavy (non-hydrogen) atoms. The average molecular weight is 1280 g/mol. The Kier molecular flexibility index (Phi) is 56.6. The van der Waals surface area contributed by atoms with Crippen LogP contribution in [0.4, 0.5) is 0 Å². The van der Waals surface area contributed by atoms with Gasteiger partial charge in [-0.25, -0.2) is 9.13 Å². The average Bonchev–Trinajstić information content (AvgIpc) is 3.52. The molecule has 6 atom stereocenters. The molecule has 0 aromatic heterocycles. The van der Waals surface area contributed by atoms with Gasteiger partial charge in [-0.1, -0.05) is 280 Å². The van der Waals surface area contributed by atoms with E-state index in [-0.39, 0.29) is 25.7 Å². The van der Waals surface area contributed by atoms with E-state index in [1.54, 1.807) is 0 Å². The molecule has 0 aliphatic heterocycles. The number of phosphoric ester groups is 2. The van der Waals surface area contributed by atoms with Crippen LogP contribution in [0.15, 0.2) is 0 Å². The highest BCUT2D eigenvalue weighted by Gasteiger charge is 2.30. The summed E-state index contributed by atoms with van der Waals surface area (Å²) in [5, 5.41) is 10.6. The zero-order valence-electron chi connectivity index (χ0n) is 56.6. The highest BCUT2D eigenvalue weighted by atomic mass is 31.2. The van der Waals surface area contributed by atoms with Crippen LogP contribution in [0.3, 0.4) is 0 Å². The van der Waals surface area contributed by atoms with Crippen LogP contribution in [-0.4, -0.2) is 96.7 Å². The number of carbonyl (C=O) groups is 4. The van der Waals surface area contributed by atoms with Gasteiger partial charge in [-0.15, -0.1) is 0 Å². The molecule has 0 spiro atoms. The minimum atomic E-state index is -4.95. The Labute approximate surface area is 530 Å². The van der Waals surface area contributed by atoms with Crippen molar-refractivity contribution >= 4 is 39.5 Å². The Morgan fingerprint density at radius 2 is 0.552 bits per heavy atom. The summed E-state index contributed by atoms with van der Waals surface area (Å²) in [7, 11) is -9.90. The van der Waals surface area contributed by atoms with Gasteiger partial charge in [0.1, 0.15) is 19.3 Å². The number of unbranched alkanes of at least 4 members (excludes halogenated alkanes) is 30. The molecule has 3 unspecified atom stereocenters. The van der Waals surface area contributed by atoms with Crippen molar-refractivity contribution in [2.75, 3.05) is 39.6 Å². The van der Waals surface area contributed by atoms with Crippen LogP contribution < -0.4 is 0 Å². The SMILES string of the molecule is CCC(C)CCCCCCCCC(=O)OC[C@H](COP(=O)(O)OC[C@H](O)COP(=O)(O)OC[C@@H](COC(=O)CCCCCCCCCCCC(C)C)OC(=O)CCCCCCCCCCCCCC(C)C)OC(=O)CCCCCCCCCCC(C)C. The van der Waals surface area contributed by atoms with E-state index in [2.05, 4.69) is 55.4 Å². The fourth-order valence-electron chi connectivity index (χ4n) is 10.1. The molecule has 0 heterocycles. The van der Waals surface area contributed by atoms with Gasteiger partial charge < -0.3 is 33.8 Å². The third-order valence-corrected chi connectivity index (χ3v) is 17.8. The summed E-state index contributed by atoms with van der Waals surface area (Å²) in [5.41, 5.74) is 0. The molecule has 0 radical (unpaired) electrons. The minimum Gasteiger partial charge on any atom is -0.462 e. The quantitative estimate of drug-likeness (QED) is 0.0222. The van der Waals surface area contributed by atoms with E-state index in [1.807, 2.05) is 0 Å². The predicted molar refractivity (Wildman–Crippen MR) is 349 cm³/mol. The van der Waals surface area contributed by atoms with Gasteiger partial charge in [-0.2, -0.15) is 0 Å². The molecule has 0 rings (SSSR count). The van der Waals surface area contributed by atoms with Crippen molar-refractivity contribution in [1.29, 1.82) is 0 Å². The highest BCUT2D eigenvalue weighted by Crippen LogP contribution is 2.45. The minimum absolute atomic E-state index is 0.103. The lowest BCUT2D eigenvalue weighted by Gasteiger charge is -2.21. The van der Waals surface area contributed by atoms with Crippen LogP contribution in [0, 0.1) is 23.7 Å². The van der Waals surface area contributed by atoms with Crippen molar-refractivity contribution in [3.05, 3.63) is 0 Å². The zero-order valence-corrected chi connectivity index (χ0v) is 58.4. The summed E-state index contributed by atoms with van der Waals surface area (Å²) in [5.74, 6) is 0.824. The Hall–Kier alpha value is -1.94. The van der Waals surface area contributed by atoms with Crippen molar-refractivity contribution in [1.82, 2.24) is 0 Å². The molecule has 0 saturated heterocycles. The maximum absolute atomic E-state index is 13.0. The lowest BCUT2D eigenvalue weighted by Crippen LogP contribution is -2.30. The Morgan fingerprint density at radius 3 is 0.816 bits per heavy atom. The molecular weight excluding hydrogens is 1150 g/mol. The van der Waals surface area contributed by atoms with Crippen LogP contribution >= 0.6 is 15.6 Å². The van der Waals surface area contributed by atoms with Gasteiger partial charge >= 0.3 is 39.5 Å². The van der Waals surface area contributed by atoms with Crippen molar-refractivity contribution in [3.63, 3.8) is 0 Å². The molecule has 17 nitrogen and oxygen atoms in total. The van der Waals surface area contributed by atoms with E-state index < -0.39 is 97.5 Å². The van der Waals surface area contributed by atoms with Gasteiger partial charge in [0, 0.05) is 25.7 Å². The van der Waals surface area contributed by atoms with Gasteiger partial charge in [0.15, 0.2) is 12.2 Å². The van der Waals surface area contributed by atoms with Gasteiger partial charge in [0.2, 0.25) is 0 Å². The Balaban J connectivity index is 5.27. The van der Waals surface area contributed by atoms with Crippen LogP contribution in [-0.2, 0) is 65.4 Å². The van der Waals surface area contributed by atoms with E-state index in [4.69, 9.17) is 37.0 Å². The van der Waals surface area contributed by atoms with Crippen LogP contribution in [0.1, 0.15) is 331 Å². The van der Waals surface area contributed by atoms with E-state index in [9.17, 15) is 43.2 Å². The topological polar surface area (TPSA) is 237 Å². The zero-order chi connectivity index (χ0) is 64.7. The summed E-state index contributed by atoms with van der Waals surface area (Å²) in [6.07, 6.45) is 39.0. The smallest absolute Gasteiger partial charge is 0.462 e. The summed E-state index contributed by atoms with van der Waals surface area (Å²) >= 11 is 0. The Morgan fingerprint density at radius 1 is 0.322 bits per heavy atom. The van der Waals surface area contributed by atoms with Crippen molar-refractivity contribution < 1.29 is 80.2 Å². The lowest BCUT2D eigenvalue weighted by molar-refractivity contribution is -0.161. The molecule has 516 valence electrons. The summed E-state index contributed by atoms with van der Waals surface area (Å²) in [6.45, 7) is 14.0. The molecule has 3 N–H and O–H groups in total. The second kappa shape index (κ2) is 57.9. The molecule has 0 bridgehead atoms. The fraction of sp³-hybridized carbons (Fsp3) is 0.941. The monoisotopic (exact) mass is 1280 g/mol. The number of carbonyl (C=O) groups excluding carboxylic acids is 4. The standard InChI is InChI=1S/C68H132O17P2/c1-9-61(8)47-39-31-26-27-33-41-49-66(71)79-55-64(85-68(73)51-43-35-25-19-18-22-30-38-46-60(6)7)57-83-87(76,77)81-53-62(69)52-80-86(74,75)82-56-63(54-78-65(70)48-40-32-23-17-13-15-21-29-37-45-59(4)5)84-67(72)50-42-34-24-16-12-10-11-14-20-28-36-44-58(2)3/h58-64,69H,9-57H2,1-8H3,(H,74,75)(H,76,77)/t61?,62-,63-,64-/m1/s1. The number of ether oxygens (including phenoxy) is 4. The van der Waals surface area contributed by atoms with Crippen LogP contribution in [0.25, 0.3) is 0 Å². The number of rotatable bonds is 65. The van der Waals surface area contributed by atoms with Crippen molar-refractivity contribution in [3.8, 4) is 0 Å². The largest absolute Gasteiger partial charge is 0.472 e. The normalized spacial score (nSPS) is 14.6. The molecule has 0 fully saturated rings. The molecule has 19 heteroatoms. The summed E-state index contributed by atoms with van der Waals surface area (Å²) < 4.78 is 68.2. The van der Waals surface area contributed by atoms with Crippen LogP contribution in [0.2, 0.25) is 0 Å². The third-order valence-electron chi connectivity index (χ3n) is 15.9. The number of aliphatic hydroxyl groups excluding tert-OH is 1. The van der Waals surface area contributed by atoms with Crippen LogP contribution in [0.5, 0.6) is 0 Å². The fourth-order valence-corrected chi connectivity index (χ4v) is 11.7. The molecule has 0 saturated carbocycles. The molecule has 0 aromatic carbocycles.